The van der Waals surface area contributed by atoms with E-state index in [4.69, 9.17) is 4.74 Å². The van der Waals surface area contributed by atoms with Gasteiger partial charge < -0.3 is 9.84 Å². The Bertz CT molecular complexity index is 385. The summed E-state index contributed by atoms with van der Waals surface area (Å²) in [5.74, 6) is 1.33. The van der Waals surface area contributed by atoms with Gasteiger partial charge in [0.25, 0.3) is 0 Å². The minimum absolute atomic E-state index is 0.0588. The van der Waals surface area contributed by atoms with Gasteiger partial charge in [-0.1, -0.05) is 6.92 Å². The van der Waals surface area contributed by atoms with Gasteiger partial charge in [0.05, 0.1) is 6.61 Å². The molecule has 100 valence electrons. The van der Waals surface area contributed by atoms with Crippen molar-refractivity contribution in [3.05, 3.63) is 23.3 Å². The largest absolute Gasteiger partial charge is 0.396 e. The van der Waals surface area contributed by atoms with Crippen LogP contribution >= 0.6 is 0 Å². The maximum absolute atomic E-state index is 9.37. The number of nitrogens with zero attached hydrogens (tertiary/aromatic N) is 2. The molecule has 0 aromatic carbocycles. The van der Waals surface area contributed by atoms with Crippen LogP contribution in [0.3, 0.4) is 0 Å². The second-order valence-corrected chi connectivity index (χ2v) is 4.97. The van der Waals surface area contributed by atoms with Crippen molar-refractivity contribution < 1.29 is 9.84 Å². The fraction of sp³-hybridized carbons (Fsp3) is 0.714. The normalized spacial score (nSPS) is 18.8. The van der Waals surface area contributed by atoms with E-state index in [-0.39, 0.29) is 12.5 Å². The first-order chi connectivity index (χ1) is 8.74. The van der Waals surface area contributed by atoms with E-state index in [1.807, 2.05) is 6.92 Å². The molecule has 4 heteroatoms. The quantitative estimate of drug-likeness (QED) is 0.889. The molecule has 0 radical (unpaired) electrons. The molecule has 18 heavy (non-hydrogen) atoms. The molecule has 1 aliphatic rings. The second kappa shape index (κ2) is 6.25. The Balaban J connectivity index is 2.24. The van der Waals surface area contributed by atoms with Gasteiger partial charge in [-0.2, -0.15) is 0 Å². The third kappa shape index (κ3) is 3.06. The zero-order valence-corrected chi connectivity index (χ0v) is 11.2. The van der Waals surface area contributed by atoms with Crippen molar-refractivity contribution in [2.24, 2.45) is 0 Å². The predicted octanol–water partition coefficient (Wildman–Crippen LogP) is 2.16. The van der Waals surface area contributed by atoms with E-state index in [9.17, 15) is 5.11 Å². The Labute approximate surface area is 108 Å². The van der Waals surface area contributed by atoms with Gasteiger partial charge in [-0.05, 0) is 32.3 Å². The van der Waals surface area contributed by atoms with E-state index < -0.39 is 0 Å². The first-order valence-corrected chi connectivity index (χ1v) is 6.78. The zero-order chi connectivity index (χ0) is 13.0. The van der Waals surface area contributed by atoms with Crippen LogP contribution in [-0.2, 0) is 4.74 Å². The number of aliphatic hydroxyl groups is 1. The van der Waals surface area contributed by atoms with Crippen molar-refractivity contribution in [1.82, 2.24) is 9.97 Å². The summed E-state index contributed by atoms with van der Waals surface area (Å²) < 4.78 is 5.39. The molecule has 0 aliphatic carbocycles. The number of hydrogen-bond acceptors (Lipinski definition) is 4. The lowest BCUT2D eigenvalue weighted by Gasteiger charge is -2.23. The van der Waals surface area contributed by atoms with E-state index in [1.54, 1.807) is 0 Å². The summed E-state index contributed by atoms with van der Waals surface area (Å²) in [6.07, 6.45) is 2.94. The number of aromatic nitrogens is 2. The number of aryl methyl sites for hydroxylation is 1. The monoisotopic (exact) mass is 250 g/mol. The molecule has 2 rings (SSSR count). The molecule has 1 fully saturated rings. The molecular weight excluding hydrogens is 228 g/mol. The van der Waals surface area contributed by atoms with Crippen LogP contribution < -0.4 is 0 Å². The molecule has 1 atom stereocenters. The molecule has 0 amide bonds. The Kier molecular flexibility index (Phi) is 4.66. The van der Waals surface area contributed by atoms with Gasteiger partial charge >= 0.3 is 0 Å². The highest BCUT2D eigenvalue weighted by Crippen LogP contribution is 2.27. The summed E-state index contributed by atoms with van der Waals surface area (Å²) in [4.78, 5) is 9.14. The van der Waals surface area contributed by atoms with Crippen LogP contribution in [0.1, 0.15) is 55.2 Å². The first-order valence-electron chi connectivity index (χ1n) is 6.78. The molecular formula is C14H22N2O2. The average molecular weight is 250 g/mol. The molecule has 1 saturated heterocycles. The SMILES string of the molecule is CCC(CO)c1nc(C)cc(C2CCOCC2)n1. The Morgan fingerprint density at radius 3 is 2.72 bits per heavy atom. The fourth-order valence-corrected chi connectivity index (χ4v) is 2.39. The Morgan fingerprint density at radius 1 is 1.39 bits per heavy atom. The predicted molar refractivity (Wildman–Crippen MR) is 69.7 cm³/mol. The van der Waals surface area contributed by atoms with Crippen LogP contribution in [0.15, 0.2) is 6.07 Å². The van der Waals surface area contributed by atoms with Crippen molar-refractivity contribution >= 4 is 0 Å². The lowest BCUT2D eigenvalue weighted by atomic mass is 9.95. The van der Waals surface area contributed by atoms with Crippen molar-refractivity contribution in [2.45, 2.75) is 44.9 Å². The van der Waals surface area contributed by atoms with Crippen LogP contribution in [-0.4, -0.2) is 34.9 Å². The molecule has 2 heterocycles. The van der Waals surface area contributed by atoms with Gasteiger partial charge in [-0.25, -0.2) is 9.97 Å². The number of ether oxygens (including phenoxy) is 1. The van der Waals surface area contributed by atoms with Gasteiger partial charge in [0.1, 0.15) is 5.82 Å². The van der Waals surface area contributed by atoms with Crippen LogP contribution in [0.25, 0.3) is 0 Å². The second-order valence-electron chi connectivity index (χ2n) is 4.97. The standard InChI is InChI=1S/C14H22N2O2/c1-3-11(9-17)14-15-10(2)8-13(16-14)12-4-6-18-7-5-12/h8,11-12,17H,3-7,9H2,1-2H3. The summed E-state index contributed by atoms with van der Waals surface area (Å²) in [5, 5.41) is 9.37. The third-order valence-corrected chi connectivity index (χ3v) is 3.61. The molecule has 0 saturated carbocycles. The molecule has 1 unspecified atom stereocenters. The zero-order valence-electron chi connectivity index (χ0n) is 11.2. The van der Waals surface area contributed by atoms with E-state index in [1.165, 1.54) is 0 Å². The topological polar surface area (TPSA) is 55.2 Å². The van der Waals surface area contributed by atoms with Gasteiger partial charge in [-0.15, -0.1) is 0 Å². The Morgan fingerprint density at radius 2 is 2.11 bits per heavy atom. The van der Waals surface area contributed by atoms with Gasteiger partial charge in [0.2, 0.25) is 0 Å². The molecule has 0 bridgehead atoms. The van der Waals surface area contributed by atoms with Crippen LogP contribution in [0.5, 0.6) is 0 Å². The number of hydrogen-bond donors (Lipinski definition) is 1. The molecule has 0 spiro atoms. The third-order valence-electron chi connectivity index (χ3n) is 3.61. The molecule has 1 aromatic rings. The minimum atomic E-state index is 0.0588. The summed E-state index contributed by atoms with van der Waals surface area (Å²) in [6.45, 7) is 5.81. The first kappa shape index (κ1) is 13.4. The lowest BCUT2D eigenvalue weighted by Crippen LogP contribution is -2.17. The summed E-state index contributed by atoms with van der Waals surface area (Å²) in [6, 6.07) is 2.07. The maximum atomic E-state index is 9.37. The molecule has 4 nitrogen and oxygen atoms in total. The fourth-order valence-electron chi connectivity index (χ4n) is 2.39. The highest BCUT2D eigenvalue weighted by Gasteiger charge is 2.20. The molecule has 1 aliphatic heterocycles. The van der Waals surface area contributed by atoms with Crippen LogP contribution in [0.2, 0.25) is 0 Å². The van der Waals surface area contributed by atoms with E-state index in [0.717, 1.165) is 49.7 Å². The summed E-state index contributed by atoms with van der Waals surface area (Å²) >= 11 is 0. The Hall–Kier alpha value is -1.00. The lowest BCUT2D eigenvalue weighted by molar-refractivity contribution is 0.0843. The minimum Gasteiger partial charge on any atom is -0.396 e. The maximum Gasteiger partial charge on any atom is 0.134 e. The van der Waals surface area contributed by atoms with E-state index in [0.29, 0.717) is 5.92 Å². The highest BCUT2D eigenvalue weighted by atomic mass is 16.5. The molecule has 1 N–H and O–H groups in total. The summed E-state index contributed by atoms with van der Waals surface area (Å²) in [5.41, 5.74) is 2.11. The number of aliphatic hydroxyl groups excluding tert-OH is 1. The van der Waals surface area contributed by atoms with Crippen molar-refractivity contribution in [2.75, 3.05) is 19.8 Å². The summed E-state index contributed by atoms with van der Waals surface area (Å²) in [7, 11) is 0. The van der Waals surface area contributed by atoms with Gasteiger partial charge in [-0.3, -0.25) is 0 Å². The van der Waals surface area contributed by atoms with Gasteiger partial charge in [0.15, 0.2) is 0 Å². The van der Waals surface area contributed by atoms with E-state index in [2.05, 4.69) is 23.0 Å². The molecule has 1 aromatic heterocycles. The highest BCUT2D eigenvalue weighted by molar-refractivity contribution is 5.16. The van der Waals surface area contributed by atoms with Crippen LogP contribution in [0, 0.1) is 6.92 Å². The smallest absolute Gasteiger partial charge is 0.134 e. The van der Waals surface area contributed by atoms with Crippen molar-refractivity contribution in [3.63, 3.8) is 0 Å². The van der Waals surface area contributed by atoms with E-state index >= 15 is 0 Å². The van der Waals surface area contributed by atoms with Gasteiger partial charge in [0, 0.05) is 36.4 Å². The van der Waals surface area contributed by atoms with Crippen molar-refractivity contribution in [3.8, 4) is 0 Å². The average Bonchev–Trinajstić information content (AvgIpc) is 2.40. The number of rotatable bonds is 4. The van der Waals surface area contributed by atoms with Crippen molar-refractivity contribution in [1.29, 1.82) is 0 Å². The van der Waals surface area contributed by atoms with Crippen LogP contribution in [0.4, 0.5) is 0 Å².